The summed E-state index contributed by atoms with van der Waals surface area (Å²) >= 11 is 11.7. The number of ketones is 1. The smallest absolute Gasteiger partial charge is 0.294 e. The highest BCUT2D eigenvalue weighted by molar-refractivity contribution is 6.37. The highest BCUT2D eigenvalue weighted by Crippen LogP contribution is 2.37. The van der Waals surface area contributed by atoms with E-state index in [-0.39, 0.29) is 27.0 Å². The van der Waals surface area contributed by atoms with Gasteiger partial charge in [-0.15, -0.1) is 0 Å². The van der Waals surface area contributed by atoms with Crippen molar-refractivity contribution < 1.29 is 18.0 Å². The van der Waals surface area contributed by atoms with Crippen LogP contribution in [0, 0.1) is 11.3 Å². The van der Waals surface area contributed by atoms with Gasteiger partial charge in [-0.2, -0.15) is 23.5 Å². The molecule has 0 atom stereocenters. The molecular weight excluding hydrogens is 342 g/mol. The third-order valence-electron chi connectivity index (χ3n) is 2.77. The van der Waals surface area contributed by atoms with Crippen LogP contribution in [0.15, 0.2) is 18.3 Å². The number of alkyl halides is 3. The van der Waals surface area contributed by atoms with Crippen LogP contribution in [-0.4, -0.2) is 15.6 Å². The lowest BCUT2D eigenvalue weighted by molar-refractivity contribution is -0.137. The fourth-order valence-electron chi connectivity index (χ4n) is 1.78. The van der Waals surface area contributed by atoms with Crippen LogP contribution in [0.2, 0.25) is 10.0 Å². The van der Waals surface area contributed by atoms with E-state index in [4.69, 9.17) is 28.5 Å². The number of carbonyl (C=O) groups excluding carboxylic acids is 1. The van der Waals surface area contributed by atoms with E-state index >= 15 is 0 Å². The van der Waals surface area contributed by atoms with Gasteiger partial charge in [0, 0.05) is 6.20 Å². The molecule has 1 aromatic heterocycles. The van der Waals surface area contributed by atoms with Gasteiger partial charge in [0.05, 0.1) is 21.2 Å². The normalized spacial score (nSPS) is 11.3. The van der Waals surface area contributed by atoms with Gasteiger partial charge in [-0.1, -0.05) is 23.2 Å². The molecule has 1 aromatic carbocycles. The van der Waals surface area contributed by atoms with E-state index in [0.29, 0.717) is 12.1 Å². The van der Waals surface area contributed by atoms with Crippen molar-refractivity contribution in [2.24, 2.45) is 0 Å². The fraction of sp³-hybridized carbons (Fsp3) is 0.154. The highest BCUT2D eigenvalue weighted by Gasteiger charge is 2.32. The zero-order valence-electron chi connectivity index (χ0n) is 10.9. The van der Waals surface area contributed by atoms with E-state index in [1.807, 2.05) is 0 Å². The Morgan fingerprint density at radius 2 is 1.86 bits per heavy atom. The Kier molecular flexibility index (Phi) is 4.18. The van der Waals surface area contributed by atoms with Gasteiger partial charge in [0.25, 0.3) is 0 Å². The molecule has 2 aromatic rings. The molecule has 0 spiro atoms. The fourth-order valence-corrected chi connectivity index (χ4v) is 2.44. The Morgan fingerprint density at radius 1 is 1.32 bits per heavy atom. The zero-order chi connectivity index (χ0) is 16.7. The van der Waals surface area contributed by atoms with Crippen LogP contribution in [0.25, 0.3) is 5.69 Å². The van der Waals surface area contributed by atoms with Gasteiger partial charge in [0.1, 0.15) is 11.8 Å². The lowest BCUT2D eigenvalue weighted by atomic mass is 10.2. The standard InChI is InChI=1S/C13H6Cl2F3N3O/c1-6(22)8-5-21(20-11(8)4-19)12-9(14)2-7(3-10(12)15)13(16,17)18/h2-3,5H,1H3. The maximum atomic E-state index is 12.7. The highest BCUT2D eigenvalue weighted by atomic mass is 35.5. The van der Waals surface area contributed by atoms with Crippen LogP contribution in [0.3, 0.4) is 0 Å². The summed E-state index contributed by atoms with van der Waals surface area (Å²) in [6.07, 6.45) is -3.40. The van der Waals surface area contributed by atoms with Crippen LogP contribution in [-0.2, 0) is 6.18 Å². The molecule has 0 unspecified atom stereocenters. The molecule has 0 fully saturated rings. The first-order valence-corrected chi connectivity index (χ1v) is 6.48. The van der Waals surface area contributed by atoms with Crippen LogP contribution in [0.5, 0.6) is 0 Å². The minimum atomic E-state index is -4.60. The zero-order valence-corrected chi connectivity index (χ0v) is 12.4. The molecule has 0 saturated heterocycles. The SMILES string of the molecule is CC(=O)c1cn(-c2c(Cl)cc(C(F)(F)F)cc2Cl)nc1C#N. The van der Waals surface area contributed by atoms with Crippen molar-refractivity contribution in [3.8, 4) is 11.8 Å². The van der Waals surface area contributed by atoms with Crippen LogP contribution in [0.1, 0.15) is 28.5 Å². The maximum absolute atomic E-state index is 12.7. The maximum Gasteiger partial charge on any atom is 0.416 e. The molecule has 0 aliphatic heterocycles. The molecule has 0 N–H and O–H groups in total. The number of benzene rings is 1. The largest absolute Gasteiger partial charge is 0.416 e. The van der Waals surface area contributed by atoms with Crippen LogP contribution < -0.4 is 0 Å². The number of carbonyl (C=O) groups is 1. The number of nitriles is 1. The second kappa shape index (κ2) is 5.63. The minimum Gasteiger partial charge on any atom is -0.294 e. The van der Waals surface area contributed by atoms with Gasteiger partial charge in [0.2, 0.25) is 0 Å². The molecule has 0 aliphatic carbocycles. The Labute approximate surface area is 132 Å². The summed E-state index contributed by atoms with van der Waals surface area (Å²) in [5, 5.41) is 12.1. The van der Waals surface area contributed by atoms with Crippen molar-refractivity contribution in [1.82, 2.24) is 9.78 Å². The van der Waals surface area contributed by atoms with Crippen molar-refractivity contribution >= 4 is 29.0 Å². The average Bonchev–Trinajstić information content (AvgIpc) is 2.80. The van der Waals surface area contributed by atoms with Crippen LogP contribution >= 0.6 is 23.2 Å². The van der Waals surface area contributed by atoms with E-state index in [2.05, 4.69) is 5.10 Å². The topological polar surface area (TPSA) is 58.7 Å². The van der Waals surface area contributed by atoms with Gasteiger partial charge < -0.3 is 0 Å². The predicted octanol–water partition coefficient (Wildman–Crippen LogP) is 4.27. The van der Waals surface area contributed by atoms with Crippen molar-refractivity contribution in [1.29, 1.82) is 5.26 Å². The molecule has 0 amide bonds. The number of Topliss-reactive ketones (excluding diaryl/α,β-unsaturated/α-hetero) is 1. The number of nitrogens with zero attached hydrogens (tertiary/aromatic N) is 3. The van der Waals surface area contributed by atoms with E-state index in [1.54, 1.807) is 6.07 Å². The third kappa shape index (κ3) is 2.93. The van der Waals surface area contributed by atoms with E-state index in [1.165, 1.54) is 13.1 Å². The predicted molar refractivity (Wildman–Crippen MR) is 73.3 cm³/mol. The summed E-state index contributed by atoms with van der Waals surface area (Å²) in [5.41, 5.74) is -1.19. The molecule has 0 radical (unpaired) electrons. The van der Waals surface area contributed by atoms with Gasteiger partial charge in [0.15, 0.2) is 11.5 Å². The number of aromatic nitrogens is 2. The Hall–Kier alpha value is -2.04. The molecule has 114 valence electrons. The second-order valence-corrected chi connectivity index (χ2v) is 5.10. The first-order chi connectivity index (χ1) is 10.1. The summed E-state index contributed by atoms with van der Waals surface area (Å²) in [4.78, 5) is 11.4. The second-order valence-electron chi connectivity index (χ2n) is 4.29. The first kappa shape index (κ1) is 16.3. The number of hydrogen-bond donors (Lipinski definition) is 0. The lowest BCUT2D eigenvalue weighted by Gasteiger charge is -2.12. The molecule has 22 heavy (non-hydrogen) atoms. The first-order valence-electron chi connectivity index (χ1n) is 5.72. The monoisotopic (exact) mass is 347 g/mol. The number of rotatable bonds is 2. The quantitative estimate of drug-likeness (QED) is 0.762. The minimum absolute atomic E-state index is 0.0227. The van der Waals surface area contributed by atoms with E-state index in [0.717, 1.165) is 4.68 Å². The number of halogens is 5. The number of hydrogen-bond acceptors (Lipinski definition) is 3. The molecule has 0 aliphatic rings. The van der Waals surface area contributed by atoms with Gasteiger partial charge in [-0.3, -0.25) is 4.79 Å². The van der Waals surface area contributed by atoms with E-state index < -0.39 is 17.5 Å². The van der Waals surface area contributed by atoms with Gasteiger partial charge in [-0.05, 0) is 19.1 Å². The molecule has 2 rings (SSSR count). The van der Waals surface area contributed by atoms with Crippen molar-refractivity contribution in [2.45, 2.75) is 13.1 Å². The Balaban J connectivity index is 2.64. The van der Waals surface area contributed by atoms with Crippen molar-refractivity contribution in [2.75, 3.05) is 0 Å². The molecule has 9 heteroatoms. The Bertz CT molecular complexity index is 783. The lowest BCUT2D eigenvalue weighted by Crippen LogP contribution is -2.07. The molecule has 0 saturated carbocycles. The van der Waals surface area contributed by atoms with E-state index in [9.17, 15) is 18.0 Å². The van der Waals surface area contributed by atoms with Crippen molar-refractivity contribution in [3.05, 3.63) is 45.2 Å². The summed E-state index contributed by atoms with van der Waals surface area (Å²) < 4.78 is 39.1. The van der Waals surface area contributed by atoms with Crippen LogP contribution in [0.4, 0.5) is 13.2 Å². The average molecular weight is 348 g/mol. The molecular formula is C13H6Cl2F3N3O. The third-order valence-corrected chi connectivity index (χ3v) is 3.35. The summed E-state index contributed by atoms with van der Waals surface area (Å²) in [6, 6.07) is 3.12. The van der Waals surface area contributed by atoms with Gasteiger partial charge in [-0.25, -0.2) is 4.68 Å². The summed E-state index contributed by atoms with van der Waals surface area (Å²) in [7, 11) is 0. The van der Waals surface area contributed by atoms with Crippen molar-refractivity contribution in [3.63, 3.8) is 0 Å². The Morgan fingerprint density at radius 3 is 2.23 bits per heavy atom. The molecule has 0 bridgehead atoms. The summed E-state index contributed by atoms with van der Waals surface area (Å²) in [6.45, 7) is 1.23. The van der Waals surface area contributed by atoms with Gasteiger partial charge >= 0.3 is 6.18 Å². The molecule has 1 heterocycles. The molecule has 4 nitrogen and oxygen atoms in total. The summed E-state index contributed by atoms with van der Waals surface area (Å²) in [5.74, 6) is -0.415.